The van der Waals surface area contributed by atoms with Gasteiger partial charge in [0.25, 0.3) is 0 Å². The normalized spacial score (nSPS) is 21.5. The Labute approximate surface area is 157 Å². The van der Waals surface area contributed by atoms with Crippen LogP contribution in [-0.2, 0) is 11.3 Å². The van der Waals surface area contributed by atoms with Crippen molar-refractivity contribution in [2.75, 3.05) is 26.2 Å². The number of rotatable bonds is 4. The van der Waals surface area contributed by atoms with Crippen LogP contribution in [0.4, 0.5) is 0 Å². The minimum atomic E-state index is 0.262. The second kappa shape index (κ2) is 7.12. The zero-order valence-electron chi connectivity index (χ0n) is 14.9. The van der Waals surface area contributed by atoms with Crippen molar-refractivity contribution in [3.63, 3.8) is 0 Å². The number of amides is 1. The van der Waals surface area contributed by atoms with E-state index in [1.54, 1.807) is 0 Å². The van der Waals surface area contributed by atoms with E-state index in [0.29, 0.717) is 12.6 Å². The maximum atomic E-state index is 13.1. The molecule has 0 spiro atoms. The van der Waals surface area contributed by atoms with Crippen LogP contribution in [0.2, 0.25) is 0 Å². The van der Waals surface area contributed by atoms with Crippen LogP contribution in [0.5, 0.6) is 0 Å². The monoisotopic (exact) mass is 403 g/mol. The van der Waals surface area contributed by atoms with E-state index < -0.39 is 0 Å². The van der Waals surface area contributed by atoms with E-state index in [-0.39, 0.29) is 5.91 Å². The van der Waals surface area contributed by atoms with Crippen LogP contribution in [0.3, 0.4) is 0 Å². The number of carbonyl (C=O) groups is 1. The van der Waals surface area contributed by atoms with Crippen LogP contribution in [0.25, 0.3) is 10.9 Å². The average Bonchev–Trinajstić information content (AvgIpc) is 3.34. The first-order valence-corrected chi connectivity index (χ1v) is 10.2. The van der Waals surface area contributed by atoms with Gasteiger partial charge in [-0.25, -0.2) is 0 Å². The second-order valence-electron chi connectivity index (χ2n) is 7.39. The summed E-state index contributed by atoms with van der Waals surface area (Å²) in [5.74, 6) is 0.262. The van der Waals surface area contributed by atoms with Gasteiger partial charge in [0, 0.05) is 40.2 Å². The molecule has 2 aliphatic heterocycles. The molecule has 0 aliphatic carbocycles. The molecule has 2 fully saturated rings. The lowest BCUT2D eigenvalue weighted by molar-refractivity contribution is -0.132. The van der Waals surface area contributed by atoms with Crippen molar-refractivity contribution in [1.82, 2.24) is 14.4 Å². The molecular weight excluding hydrogens is 378 g/mol. The van der Waals surface area contributed by atoms with Crippen molar-refractivity contribution in [3.05, 3.63) is 34.4 Å². The highest BCUT2D eigenvalue weighted by molar-refractivity contribution is 9.10. The molecular formula is C20H26BrN3O. The van der Waals surface area contributed by atoms with Crippen molar-refractivity contribution in [2.24, 2.45) is 0 Å². The average molecular weight is 404 g/mol. The van der Waals surface area contributed by atoms with Crippen molar-refractivity contribution in [2.45, 2.75) is 45.2 Å². The highest BCUT2D eigenvalue weighted by Gasteiger charge is 2.31. The summed E-state index contributed by atoms with van der Waals surface area (Å²) in [7, 11) is 0. The molecule has 5 heteroatoms. The number of carbonyl (C=O) groups excluding carboxylic acids is 1. The lowest BCUT2D eigenvalue weighted by atomic mass is 10.2. The van der Waals surface area contributed by atoms with Crippen LogP contribution in [-0.4, -0.2) is 52.5 Å². The second-order valence-corrected chi connectivity index (χ2v) is 8.19. The van der Waals surface area contributed by atoms with Gasteiger partial charge in [0.2, 0.25) is 5.91 Å². The predicted molar refractivity (Wildman–Crippen MR) is 105 cm³/mol. The topological polar surface area (TPSA) is 28.5 Å². The molecule has 4 nitrogen and oxygen atoms in total. The van der Waals surface area contributed by atoms with Gasteiger partial charge in [0.15, 0.2) is 0 Å². The SMILES string of the molecule is Cc1c(Br)c2ccccc2n1CC(=O)N1CCCC1CN1CCCC1. The van der Waals surface area contributed by atoms with Gasteiger partial charge in [0.05, 0.1) is 0 Å². The smallest absolute Gasteiger partial charge is 0.242 e. The minimum absolute atomic E-state index is 0.262. The molecule has 1 amide bonds. The van der Waals surface area contributed by atoms with Gasteiger partial charge in [-0.3, -0.25) is 4.79 Å². The number of benzene rings is 1. The first-order chi connectivity index (χ1) is 12.1. The molecule has 0 radical (unpaired) electrons. The standard InChI is InChI=1S/C20H26BrN3O/c1-15-20(21)17-8-2-3-9-18(17)24(15)14-19(25)23-12-6-7-16(23)13-22-10-4-5-11-22/h2-3,8-9,16H,4-7,10-14H2,1H3. The Morgan fingerprint density at radius 3 is 2.72 bits per heavy atom. The Kier molecular flexibility index (Phi) is 4.87. The van der Waals surface area contributed by atoms with E-state index in [1.165, 1.54) is 31.3 Å². The molecule has 1 aromatic heterocycles. The fraction of sp³-hybridized carbons (Fsp3) is 0.550. The largest absolute Gasteiger partial charge is 0.337 e. The maximum Gasteiger partial charge on any atom is 0.242 e. The van der Waals surface area contributed by atoms with Crippen LogP contribution in [0.15, 0.2) is 28.7 Å². The van der Waals surface area contributed by atoms with Crippen molar-refractivity contribution >= 4 is 32.7 Å². The summed E-state index contributed by atoms with van der Waals surface area (Å²) in [5, 5.41) is 1.18. The molecule has 4 rings (SSSR count). The predicted octanol–water partition coefficient (Wildman–Crippen LogP) is 3.80. The van der Waals surface area contributed by atoms with E-state index in [0.717, 1.165) is 41.6 Å². The molecule has 2 saturated heterocycles. The number of hydrogen-bond acceptors (Lipinski definition) is 2. The molecule has 134 valence electrons. The van der Waals surface area contributed by atoms with Crippen LogP contribution in [0, 0.1) is 6.92 Å². The first-order valence-electron chi connectivity index (χ1n) is 9.40. The summed E-state index contributed by atoms with van der Waals surface area (Å²) in [6.45, 7) is 6.90. The zero-order valence-corrected chi connectivity index (χ0v) is 16.5. The first kappa shape index (κ1) is 17.1. The fourth-order valence-corrected chi connectivity index (χ4v) is 4.98. The number of fused-ring (bicyclic) bond motifs is 1. The quantitative estimate of drug-likeness (QED) is 0.776. The van der Waals surface area contributed by atoms with Crippen LogP contribution < -0.4 is 0 Å². The van der Waals surface area contributed by atoms with E-state index >= 15 is 0 Å². The van der Waals surface area contributed by atoms with Gasteiger partial charge in [-0.1, -0.05) is 18.2 Å². The molecule has 1 aromatic carbocycles. The van der Waals surface area contributed by atoms with E-state index in [4.69, 9.17) is 0 Å². The Morgan fingerprint density at radius 1 is 1.16 bits per heavy atom. The molecule has 2 aromatic rings. The minimum Gasteiger partial charge on any atom is -0.337 e. The Morgan fingerprint density at radius 2 is 1.92 bits per heavy atom. The summed E-state index contributed by atoms with van der Waals surface area (Å²) in [6.07, 6.45) is 4.91. The molecule has 0 bridgehead atoms. The summed E-state index contributed by atoms with van der Waals surface area (Å²) < 4.78 is 3.26. The van der Waals surface area contributed by atoms with E-state index in [2.05, 4.69) is 49.4 Å². The van der Waals surface area contributed by atoms with E-state index in [9.17, 15) is 4.79 Å². The van der Waals surface area contributed by atoms with Crippen molar-refractivity contribution in [1.29, 1.82) is 0 Å². The number of halogens is 1. The molecule has 0 N–H and O–H groups in total. The number of aromatic nitrogens is 1. The van der Waals surface area contributed by atoms with Crippen molar-refractivity contribution in [3.8, 4) is 0 Å². The van der Waals surface area contributed by atoms with Crippen LogP contribution in [0.1, 0.15) is 31.4 Å². The molecule has 0 saturated carbocycles. The lowest BCUT2D eigenvalue weighted by Gasteiger charge is -2.29. The number of para-hydroxylation sites is 1. The number of hydrogen-bond donors (Lipinski definition) is 0. The van der Waals surface area contributed by atoms with Gasteiger partial charge in [-0.15, -0.1) is 0 Å². The van der Waals surface area contributed by atoms with Gasteiger partial charge in [-0.2, -0.15) is 0 Å². The van der Waals surface area contributed by atoms with Crippen LogP contribution >= 0.6 is 15.9 Å². The third-order valence-electron chi connectivity index (χ3n) is 5.81. The molecule has 1 atom stereocenters. The summed E-state index contributed by atoms with van der Waals surface area (Å²) in [6, 6.07) is 8.70. The maximum absolute atomic E-state index is 13.1. The zero-order chi connectivity index (χ0) is 17.4. The Hall–Kier alpha value is -1.33. The highest BCUT2D eigenvalue weighted by atomic mass is 79.9. The van der Waals surface area contributed by atoms with Gasteiger partial charge >= 0.3 is 0 Å². The highest BCUT2D eigenvalue weighted by Crippen LogP contribution is 2.31. The molecule has 3 heterocycles. The molecule has 2 aliphatic rings. The van der Waals surface area contributed by atoms with Crippen molar-refractivity contribution < 1.29 is 4.79 Å². The summed E-state index contributed by atoms with van der Waals surface area (Å²) >= 11 is 3.69. The third kappa shape index (κ3) is 3.24. The van der Waals surface area contributed by atoms with Gasteiger partial charge in [-0.05, 0) is 67.7 Å². The Balaban J connectivity index is 1.52. The lowest BCUT2D eigenvalue weighted by Crippen LogP contribution is -2.43. The van der Waals surface area contributed by atoms with Gasteiger partial charge < -0.3 is 14.4 Å². The third-order valence-corrected chi connectivity index (χ3v) is 6.81. The number of nitrogens with zero attached hydrogens (tertiary/aromatic N) is 3. The molecule has 1 unspecified atom stereocenters. The Bertz CT molecular complexity index is 779. The summed E-state index contributed by atoms with van der Waals surface area (Å²) in [4.78, 5) is 17.7. The van der Waals surface area contributed by atoms with Gasteiger partial charge in [0.1, 0.15) is 6.54 Å². The number of likely N-dealkylation sites (tertiary alicyclic amines) is 2. The summed E-state index contributed by atoms with van der Waals surface area (Å²) in [5.41, 5.74) is 2.26. The molecule has 25 heavy (non-hydrogen) atoms. The van der Waals surface area contributed by atoms with E-state index in [1.807, 2.05) is 12.1 Å². The fourth-order valence-electron chi connectivity index (χ4n) is 4.44.